The fourth-order valence-electron chi connectivity index (χ4n) is 3.41. The highest BCUT2D eigenvalue weighted by atomic mass is 32.1. The van der Waals surface area contributed by atoms with Crippen LogP contribution in [0.1, 0.15) is 21.7 Å². The lowest BCUT2D eigenvalue weighted by molar-refractivity contribution is -0.00121. The van der Waals surface area contributed by atoms with E-state index in [2.05, 4.69) is 35.3 Å². The molecular formula is C18H27N3O2S. The number of methoxy groups -OCH3 is 1. The number of nitrogens with zero attached hydrogens (tertiary/aromatic N) is 3. The Bertz CT molecular complexity index is 640. The van der Waals surface area contributed by atoms with Crippen molar-refractivity contribution in [1.82, 2.24) is 14.7 Å². The van der Waals surface area contributed by atoms with E-state index in [4.69, 9.17) is 9.47 Å². The number of aromatic nitrogens is 2. The maximum absolute atomic E-state index is 6.12. The molecule has 2 aromatic heterocycles. The zero-order chi connectivity index (χ0) is 16.9. The fourth-order valence-corrected chi connectivity index (χ4v) is 4.33. The lowest BCUT2D eigenvalue weighted by Crippen LogP contribution is -2.38. The van der Waals surface area contributed by atoms with Crippen LogP contribution in [0.3, 0.4) is 0 Å². The van der Waals surface area contributed by atoms with Crippen molar-refractivity contribution < 1.29 is 9.47 Å². The average molecular weight is 350 g/mol. The van der Waals surface area contributed by atoms with Gasteiger partial charge in [0.15, 0.2) is 0 Å². The van der Waals surface area contributed by atoms with Crippen molar-refractivity contribution in [3.8, 4) is 0 Å². The first-order valence-corrected chi connectivity index (χ1v) is 9.35. The molecule has 0 radical (unpaired) electrons. The van der Waals surface area contributed by atoms with Gasteiger partial charge in [-0.1, -0.05) is 0 Å². The summed E-state index contributed by atoms with van der Waals surface area (Å²) in [5, 5.41) is 4.31. The first kappa shape index (κ1) is 17.6. The largest absolute Gasteiger partial charge is 0.382 e. The highest BCUT2D eigenvalue weighted by Gasteiger charge is 2.35. The third-order valence-electron chi connectivity index (χ3n) is 4.58. The van der Waals surface area contributed by atoms with Gasteiger partial charge in [-0.15, -0.1) is 11.3 Å². The second kappa shape index (κ2) is 8.25. The Morgan fingerprint density at radius 3 is 2.88 bits per heavy atom. The van der Waals surface area contributed by atoms with Crippen LogP contribution in [-0.2, 0) is 29.5 Å². The average Bonchev–Trinajstić information content (AvgIpc) is 3.24. The zero-order valence-electron chi connectivity index (χ0n) is 14.8. The molecule has 0 N–H and O–H groups in total. The summed E-state index contributed by atoms with van der Waals surface area (Å²) in [5.41, 5.74) is 1.28. The summed E-state index contributed by atoms with van der Waals surface area (Å²) in [6, 6.07) is 4.85. The summed E-state index contributed by atoms with van der Waals surface area (Å²) >= 11 is 1.89. The summed E-state index contributed by atoms with van der Waals surface area (Å²) in [6.45, 7) is 5.58. The number of rotatable bonds is 8. The zero-order valence-corrected chi connectivity index (χ0v) is 15.6. The van der Waals surface area contributed by atoms with E-state index < -0.39 is 0 Å². The van der Waals surface area contributed by atoms with Crippen molar-refractivity contribution >= 4 is 11.3 Å². The molecule has 24 heavy (non-hydrogen) atoms. The molecule has 0 bridgehead atoms. The second-order valence-electron chi connectivity index (χ2n) is 6.47. The Labute approximate surface area is 148 Å². The molecule has 0 aromatic carbocycles. The molecule has 1 aliphatic rings. The maximum Gasteiger partial charge on any atom is 0.0746 e. The van der Waals surface area contributed by atoms with Crippen molar-refractivity contribution in [3.05, 3.63) is 39.8 Å². The van der Waals surface area contributed by atoms with Gasteiger partial charge in [0.2, 0.25) is 0 Å². The molecule has 0 amide bonds. The number of hydrogen-bond acceptors (Lipinski definition) is 5. The number of ether oxygens (including phenoxy) is 2. The Morgan fingerprint density at radius 1 is 1.33 bits per heavy atom. The van der Waals surface area contributed by atoms with Crippen molar-refractivity contribution in [2.75, 3.05) is 26.9 Å². The standard InChI is InChI=1S/C18H27N3O2S/c1-14-4-5-16(24-14)13-21-7-6-18(23-9-8-22-3)17(21)10-15-11-19-20(2)12-15/h4-5,11-12,17-18H,6-10,13H2,1-3H3/t17-,18-/m1/s1. The Kier molecular flexibility index (Phi) is 6.05. The molecule has 0 unspecified atom stereocenters. The van der Waals surface area contributed by atoms with E-state index in [9.17, 15) is 0 Å². The van der Waals surface area contributed by atoms with Gasteiger partial charge in [0.25, 0.3) is 0 Å². The van der Waals surface area contributed by atoms with E-state index in [0.717, 1.165) is 25.9 Å². The monoisotopic (exact) mass is 349 g/mol. The van der Waals surface area contributed by atoms with Crippen LogP contribution < -0.4 is 0 Å². The SMILES string of the molecule is COCCO[C@@H]1CCN(Cc2ccc(C)s2)[C@@H]1Cc1cnn(C)c1. The van der Waals surface area contributed by atoms with Gasteiger partial charge >= 0.3 is 0 Å². The Hall–Kier alpha value is -1.21. The van der Waals surface area contributed by atoms with E-state index in [1.165, 1.54) is 15.3 Å². The predicted octanol–water partition coefficient (Wildman–Crippen LogP) is 2.64. The van der Waals surface area contributed by atoms with Crippen LogP contribution in [0.2, 0.25) is 0 Å². The van der Waals surface area contributed by atoms with Crippen LogP contribution in [0.5, 0.6) is 0 Å². The van der Waals surface area contributed by atoms with Crippen LogP contribution in [0.4, 0.5) is 0 Å². The minimum Gasteiger partial charge on any atom is -0.382 e. The number of hydrogen-bond donors (Lipinski definition) is 0. The van der Waals surface area contributed by atoms with Gasteiger partial charge in [0, 0.05) is 49.2 Å². The lowest BCUT2D eigenvalue weighted by atomic mass is 10.0. The van der Waals surface area contributed by atoms with Gasteiger partial charge in [-0.05, 0) is 37.5 Å². The number of thiophene rings is 1. The van der Waals surface area contributed by atoms with E-state index in [-0.39, 0.29) is 6.10 Å². The van der Waals surface area contributed by atoms with Crippen LogP contribution in [-0.4, -0.2) is 53.7 Å². The van der Waals surface area contributed by atoms with Crippen LogP contribution in [0, 0.1) is 6.92 Å². The Morgan fingerprint density at radius 2 is 2.21 bits per heavy atom. The molecule has 0 saturated carbocycles. The molecule has 1 saturated heterocycles. The van der Waals surface area contributed by atoms with E-state index >= 15 is 0 Å². The summed E-state index contributed by atoms with van der Waals surface area (Å²) in [7, 11) is 3.69. The first-order chi connectivity index (χ1) is 11.7. The van der Waals surface area contributed by atoms with Crippen molar-refractivity contribution in [2.24, 2.45) is 7.05 Å². The quantitative estimate of drug-likeness (QED) is 0.687. The smallest absolute Gasteiger partial charge is 0.0746 e. The van der Waals surface area contributed by atoms with E-state index in [1.807, 2.05) is 29.3 Å². The molecule has 132 valence electrons. The van der Waals surface area contributed by atoms with Crippen molar-refractivity contribution in [2.45, 2.75) is 38.5 Å². The molecule has 2 atom stereocenters. The highest BCUT2D eigenvalue weighted by molar-refractivity contribution is 7.11. The third kappa shape index (κ3) is 4.45. The van der Waals surface area contributed by atoms with Crippen LogP contribution in [0.25, 0.3) is 0 Å². The summed E-state index contributed by atoms with van der Waals surface area (Å²) in [4.78, 5) is 5.37. The molecule has 0 aliphatic carbocycles. The van der Waals surface area contributed by atoms with Gasteiger partial charge in [0.1, 0.15) is 0 Å². The molecule has 1 fully saturated rings. The first-order valence-electron chi connectivity index (χ1n) is 8.53. The molecule has 1 aliphatic heterocycles. The molecule has 2 aromatic rings. The Balaban J connectivity index is 1.68. The van der Waals surface area contributed by atoms with Gasteiger partial charge in [0.05, 0.1) is 25.5 Å². The van der Waals surface area contributed by atoms with Gasteiger partial charge in [-0.25, -0.2) is 0 Å². The third-order valence-corrected chi connectivity index (χ3v) is 5.56. The molecule has 3 rings (SSSR count). The minimum absolute atomic E-state index is 0.265. The van der Waals surface area contributed by atoms with E-state index in [1.54, 1.807) is 7.11 Å². The highest BCUT2D eigenvalue weighted by Crippen LogP contribution is 2.28. The second-order valence-corrected chi connectivity index (χ2v) is 7.84. The number of aryl methyl sites for hydroxylation is 2. The molecular weight excluding hydrogens is 322 g/mol. The molecule has 0 spiro atoms. The van der Waals surface area contributed by atoms with Gasteiger partial charge in [-0.3, -0.25) is 9.58 Å². The minimum atomic E-state index is 0.265. The van der Waals surface area contributed by atoms with Crippen molar-refractivity contribution in [3.63, 3.8) is 0 Å². The van der Waals surface area contributed by atoms with Crippen molar-refractivity contribution in [1.29, 1.82) is 0 Å². The molecule has 3 heterocycles. The normalized spacial score (nSPS) is 21.6. The van der Waals surface area contributed by atoms with E-state index in [0.29, 0.717) is 19.3 Å². The predicted molar refractivity (Wildman–Crippen MR) is 96.4 cm³/mol. The molecule has 5 nitrogen and oxygen atoms in total. The maximum atomic E-state index is 6.12. The summed E-state index contributed by atoms with van der Waals surface area (Å²) < 4.78 is 13.1. The van der Waals surface area contributed by atoms with Gasteiger partial charge < -0.3 is 9.47 Å². The lowest BCUT2D eigenvalue weighted by Gasteiger charge is -2.27. The number of likely N-dealkylation sites (tertiary alicyclic amines) is 1. The summed E-state index contributed by atoms with van der Waals surface area (Å²) in [5.74, 6) is 0. The van der Waals surface area contributed by atoms with Crippen LogP contribution >= 0.6 is 11.3 Å². The van der Waals surface area contributed by atoms with Gasteiger partial charge in [-0.2, -0.15) is 5.10 Å². The summed E-state index contributed by atoms with van der Waals surface area (Å²) in [6.07, 6.45) is 6.41. The van der Waals surface area contributed by atoms with Crippen LogP contribution in [0.15, 0.2) is 24.5 Å². The molecule has 6 heteroatoms. The topological polar surface area (TPSA) is 39.5 Å². The fraction of sp³-hybridized carbons (Fsp3) is 0.611.